The first-order valence-corrected chi connectivity index (χ1v) is 9.12. The summed E-state index contributed by atoms with van der Waals surface area (Å²) < 4.78 is 13.7. The number of hydrogen-bond donors (Lipinski definition) is 1. The normalized spacial score (nSPS) is 16.3. The number of H-pyrrole nitrogens is 1. The standard InChI is InChI=1S/C19H23N3O6/c1-12-8-15(13(2)22(12)9-14-4-3-7-27-14)16(23)11-28-18(25)10-21-6-5-17(24)20-19(21)26/h5-6,8,14H,3-4,7,9-11H2,1-2H3,(H,20,24,26). The van der Waals surface area contributed by atoms with Gasteiger partial charge in [0.15, 0.2) is 6.61 Å². The van der Waals surface area contributed by atoms with Crippen LogP contribution in [0.5, 0.6) is 0 Å². The second kappa shape index (κ2) is 8.39. The quantitative estimate of drug-likeness (QED) is 0.547. The minimum Gasteiger partial charge on any atom is -0.456 e. The van der Waals surface area contributed by atoms with Gasteiger partial charge in [-0.3, -0.25) is 23.9 Å². The molecule has 0 saturated carbocycles. The first-order chi connectivity index (χ1) is 13.3. The zero-order chi connectivity index (χ0) is 20.3. The van der Waals surface area contributed by atoms with Gasteiger partial charge < -0.3 is 14.0 Å². The second-order valence-corrected chi connectivity index (χ2v) is 6.85. The maximum atomic E-state index is 12.5. The minimum atomic E-state index is -0.740. The first kappa shape index (κ1) is 19.8. The third kappa shape index (κ3) is 4.48. The summed E-state index contributed by atoms with van der Waals surface area (Å²) in [5, 5.41) is 0. The van der Waals surface area contributed by atoms with E-state index in [0.717, 1.165) is 41.5 Å². The van der Waals surface area contributed by atoms with Crippen molar-refractivity contribution in [3.63, 3.8) is 0 Å². The SMILES string of the molecule is Cc1cc(C(=O)COC(=O)Cn2ccc(=O)[nH]c2=O)c(C)n1CC1CCCO1. The molecular weight excluding hydrogens is 366 g/mol. The molecule has 0 spiro atoms. The van der Waals surface area contributed by atoms with Crippen LogP contribution < -0.4 is 11.2 Å². The van der Waals surface area contributed by atoms with E-state index in [0.29, 0.717) is 12.1 Å². The van der Waals surface area contributed by atoms with Crippen LogP contribution in [-0.2, 0) is 27.4 Å². The van der Waals surface area contributed by atoms with E-state index in [1.165, 1.54) is 6.20 Å². The number of aromatic nitrogens is 3. The Balaban J connectivity index is 1.60. The number of carbonyl (C=O) groups is 2. The minimum absolute atomic E-state index is 0.154. The van der Waals surface area contributed by atoms with Gasteiger partial charge in [-0.15, -0.1) is 0 Å². The molecule has 1 aliphatic heterocycles. The lowest BCUT2D eigenvalue weighted by molar-refractivity contribution is -0.143. The van der Waals surface area contributed by atoms with Crippen molar-refractivity contribution < 1.29 is 19.1 Å². The van der Waals surface area contributed by atoms with Crippen LogP contribution in [0.1, 0.15) is 34.6 Å². The van der Waals surface area contributed by atoms with Crippen LogP contribution in [-0.4, -0.2) is 45.2 Å². The predicted octanol–water partition coefficient (Wildman–Crippen LogP) is 0.560. The Labute approximate surface area is 160 Å². The Bertz CT molecular complexity index is 994. The zero-order valence-corrected chi connectivity index (χ0v) is 15.9. The van der Waals surface area contributed by atoms with Crippen molar-refractivity contribution in [3.8, 4) is 0 Å². The largest absolute Gasteiger partial charge is 0.456 e. The van der Waals surface area contributed by atoms with Crippen molar-refractivity contribution in [2.75, 3.05) is 13.2 Å². The molecule has 9 heteroatoms. The number of ether oxygens (including phenoxy) is 2. The number of aryl methyl sites for hydroxylation is 1. The van der Waals surface area contributed by atoms with Crippen molar-refractivity contribution in [1.29, 1.82) is 0 Å². The summed E-state index contributed by atoms with van der Waals surface area (Å²) in [4.78, 5) is 49.1. The van der Waals surface area contributed by atoms with Crippen LogP contribution in [0, 0.1) is 13.8 Å². The third-order valence-electron chi connectivity index (χ3n) is 4.84. The Kier molecular flexibility index (Phi) is 5.93. The van der Waals surface area contributed by atoms with E-state index in [2.05, 4.69) is 0 Å². The number of Topliss-reactive ketones (excluding diaryl/α,β-unsaturated/α-hetero) is 1. The average molecular weight is 389 g/mol. The van der Waals surface area contributed by atoms with Crippen LogP contribution in [0.25, 0.3) is 0 Å². The van der Waals surface area contributed by atoms with Crippen LogP contribution in [0.15, 0.2) is 27.9 Å². The topological polar surface area (TPSA) is 112 Å². The number of nitrogens with one attached hydrogen (secondary N) is 1. The average Bonchev–Trinajstić information content (AvgIpc) is 3.26. The summed E-state index contributed by atoms with van der Waals surface area (Å²) >= 11 is 0. The van der Waals surface area contributed by atoms with Crippen molar-refractivity contribution in [2.24, 2.45) is 0 Å². The van der Waals surface area contributed by atoms with Gasteiger partial charge in [-0.25, -0.2) is 4.79 Å². The van der Waals surface area contributed by atoms with E-state index in [4.69, 9.17) is 9.47 Å². The van der Waals surface area contributed by atoms with Gasteiger partial charge in [0.1, 0.15) is 6.54 Å². The zero-order valence-electron chi connectivity index (χ0n) is 15.9. The molecule has 1 unspecified atom stereocenters. The summed E-state index contributed by atoms with van der Waals surface area (Å²) in [7, 11) is 0. The molecule has 1 atom stereocenters. The Hall–Kier alpha value is -2.94. The Morgan fingerprint density at radius 1 is 1.32 bits per heavy atom. The maximum Gasteiger partial charge on any atom is 0.328 e. The Morgan fingerprint density at radius 2 is 2.11 bits per heavy atom. The molecule has 0 amide bonds. The van der Waals surface area contributed by atoms with Crippen molar-refractivity contribution in [1.82, 2.24) is 14.1 Å². The Morgan fingerprint density at radius 3 is 2.79 bits per heavy atom. The number of esters is 1. The van der Waals surface area contributed by atoms with E-state index in [1.54, 1.807) is 6.07 Å². The van der Waals surface area contributed by atoms with Crippen LogP contribution in [0.3, 0.4) is 0 Å². The van der Waals surface area contributed by atoms with E-state index < -0.39 is 23.8 Å². The predicted molar refractivity (Wildman–Crippen MR) is 99.5 cm³/mol. The molecule has 9 nitrogen and oxygen atoms in total. The van der Waals surface area contributed by atoms with E-state index in [9.17, 15) is 19.2 Å². The first-order valence-electron chi connectivity index (χ1n) is 9.12. The molecule has 1 fully saturated rings. The highest BCUT2D eigenvalue weighted by atomic mass is 16.5. The number of rotatable bonds is 7. The smallest absolute Gasteiger partial charge is 0.328 e. The van der Waals surface area contributed by atoms with Gasteiger partial charge in [-0.1, -0.05) is 0 Å². The summed E-state index contributed by atoms with van der Waals surface area (Å²) in [6.45, 7) is 4.44. The van der Waals surface area contributed by atoms with Gasteiger partial charge in [0, 0.05) is 42.4 Å². The molecule has 2 aromatic heterocycles. The second-order valence-electron chi connectivity index (χ2n) is 6.85. The van der Waals surface area contributed by atoms with Crippen LogP contribution in [0.2, 0.25) is 0 Å². The van der Waals surface area contributed by atoms with Crippen molar-refractivity contribution in [2.45, 2.75) is 45.9 Å². The summed E-state index contributed by atoms with van der Waals surface area (Å²) in [5.74, 6) is -1.05. The van der Waals surface area contributed by atoms with Crippen LogP contribution >= 0.6 is 0 Å². The molecule has 0 aliphatic carbocycles. The fourth-order valence-corrected chi connectivity index (χ4v) is 3.33. The lowest BCUT2D eigenvalue weighted by Gasteiger charge is -2.14. The van der Waals surface area contributed by atoms with E-state index >= 15 is 0 Å². The van der Waals surface area contributed by atoms with Gasteiger partial charge in [0.2, 0.25) is 5.78 Å². The van der Waals surface area contributed by atoms with Crippen LogP contribution in [0.4, 0.5) is 0 Å². The summed E-state index contributed by atoms with van der Waals surface area (Å²) in [6, 6.07) is 2.91. The maximum absolute atomic E-state index is 12.5. The highest BCUT2D eigenvalue weighted by molar-refractivity contribution is 5.99. The van der Waals surface area contributed by atoms with Gasteiger partial charge >= 0.3 is 11.7 Å². The molecule has 1 N–H and O–H groups in total. The van der Waals surface area contributed by atoms with Gasteiger partial charge in [-0.05, 0) is 32.8 Å². The number of carbonyl (C=O) groups excluding carboxylic acids is 2. The number of aromatic amines is 1. The molecule has 3 heterocycles. The van der Waals surface area contributed by atoms with Gasteiger partial charge in [0.25, 0.3) is 5.56 Å². The summed E-state index contributed by atoms with van der Waals surface area (Å²) in [5.41, 5.74) is 0.995. The third-order valence-corrected chi connectivity index (χ3v) is 4.84. The molecule has 1 aliphatic rings. The lowest BCUT2D eigenvalue weighted by atomic mass is 10.1. The summed E-state index contributed by atoms with van der Waals surface area (Å²) in [6.07, 6.45) is 3.40. The number of ketones is 1. The number of hydrogen-bond acceptors (Lipinski definition) is 6. The molecule has 28 heavy (non-hydrogen) atoms. The fourth-order valence-electron chi connectivity index (χ4n) is 3.33. The lowest BCUT2D eigenvalue weighted by Crippen LogP contribution is -2.31. The fraction of sp³-hybridized carbons (Fsp3) is 0.474. The monoisotopic (exact) mass is 389 g/mol. The highest BCUT2D eigenvalue weighted by Crippen LogP contribution is 2.20. The molecule has 150 valence electrons. The number of nitrogens with zero attached hydrogens (tertiary/aromatic N) is 2. The molecular formula is C19H23N3O6. The molecule has 1 saturated heterocycles. The van der Waals surface area contributed by atoms with Crippen molar-refractivity contribution in [3.05, 3.63) is 56.1 Å². The molecule has 2 aromatic rings. The van der Waals surface area contributed by atoms with E-state index in [1.807, 2.05) is 23.4 Å². The van der Waals surface area contributed by atoms with Crippen molar-refractivity contribution >= 4 is 11.8 Å². The van der Waals surface area contributed by atoms with Gasteiger partial charge in [-0.2, -0.15) is 0 Å². The van der Waals surface area contributed by atoms with Gasteiger partial charge in [0.05, 0.1) is 6.10 Å². The molecule has 3 rings (SSSR count). The molecule has 0 radical (unpaired) electrons. The molecule has 0 aromatic carbocycles. The highest BCUT2D eigenvalue weighted by Gasteiger charge is 2.21. The molecule has 0 bridgehead atoms. The van der Waals surface area contributed by atoms with E-state index in [-0.39, 0.29) is 18.4 Å².